The van der Waals surface area contributed by atoms with Crippen molar-refractivity contribution < 1.29 is 9.59 Å². The zero-order chi connectivity index (χ0) is 18.4. The molecule has 26 heavy (non-hydrogen) atoms. The van der Waals surface area contributed by atoms with Crippen LogP contribution in [0.2, 0.25) is 0 Å². The highest BCUT2D eigenvalue weighted by atomic mass is 16.2. The van der Waals surface area contributed by atoms with Gasteiger partial charge in [-0.25, -0.2) is 0 Å². The minimum absolute atomic E-state index is 0.0693. The van der Waals surface area contributed by atoms with Gasteiger partial charge in [-0.3, -0.25) is 19.4 Å². The van der Waals surface area contributed by atoms with Gasteiger partial charge < -0.3 is 0 Å². The average molecular weight is 361 g/mol. The minimum atomic E-state index is -0.361. The number of hydrogen-bond donors (Lipinski definition) is 0. The van der Waals surface area contributed by atoms with Gasteiger partial charge in [-0.2, -0.15) is 0 Å². The molecular weight excluding hydrogens is 324 g/mol. The molecule has 1 unspecified atom stereocenters. The van der Waals surface area contributed by atoms with Crippen molar-refractivity contribution in [3.63, 3.8) is 0 Å². The average Bonchev–Trinajstić information content (AvgIpc) is 2.89. The van der Waals surface area contributed by atoms with Gasteiger partial charge in [-0.05, 0) is 69.1 Å². The van der Waals surface area contributed by atoms with Gasteiger partial charge >= 0.3 is 0 Å². The van der Waals surface area contributed by atoms with E-state index in [0.717, 1.165) is 51.1 Å². The first-order chi connectivity index (χ1) is 12.5. The predicted molar refractivity (Wildman–Crippen MR) is 102 cm³/mol. The molecule has 5 rings (SSSR count). The molecule has 4 heteroatoms. The van der Waals surface area contributed by atoms with Crippen molar-refractivity contribution in [2.45, 2.75) is 97.1 Å². The van der Waals surface area contributed by atoms with Crippen molar-refractivity contribution in [3.05, 3.63) is 0 Å². The molecule has 1 saturated carbocycles. The summed E-state index contributed by atoms with van der Waals surface area (Å²) in [6.45, 7) is 6.69. The Balaban J connectivity index is 1.49. The van der Waals surface area contributed by atoms with E-state index in [4.69, 9.17) is 0 Å². The van der Waals surface area contributed by atoms with Gasteiger partial charge in [0.25, 0.3) is 0 Å². The summed E-state index contributed by atoms with van der Waals surface area (Å²) in [5.41, 5.74) is 0.0682. The number of piperidine rings is 3. The standard InChI is InChI=1S/C22H36N2O2/c1-3-7-21(8-4-2)9-11-22(12-10-21)16-19(25)24(20(22)26)18-15-17-5-13-23(18)14-6-17/h17-18H,3-16H2,1-2H3. The van der Waals surface area contributed by atoms with E-state index in [1.54, 1.807) is 4.90 Å². The van der Waals surface area contributed by atoms with Crippen LogP contribution in [0, 0.1) is 16.7 Å². The van der Waals surface area contributed by atoms with E-state index < -0.39 is 0 Å². The van der Waals surface area contributed by atoms with Crippen LogP contribution in [0.3, 0.4) is 0 Å². The Bertz CT molecular complexity index is 548. The minimum Gasteiger partial charge on any atom is -0.283 e. The fourth-order valence-corrected chi connectivity index (χ4v) is 6.66. The lowest BCUT2D eigenvalue weighted by Gasteiger charge is -2.49. The van der Waals surface area contributed by atoms with Crippen LogP contribution in [-0.4, -0.2) is 40.9 Å². The van der Waals surface area contributed by atoms with Gasteiger partial charge in [0.05, 0.1) is 11.6 Å². The fraction of sp³-hybridized carbons (Fsp3) is 0.909. The Morgan fingerprint density at radius 3 is 2.08 bits per heavy atom. The molecule has 1 aliphatic carbocycles. The molecule has 1 spiro atoms. The summed E-state index contributed by atoms with van der Waals surface area (Å²) in [5.74, 6) is 1.02. The first-order valence-corrected chi connectivity index (χ1v) is 11.1. The Labute approximate surface area is 158 Å². The van der Waals surface area contributed by atoms with E-state index in [1.165, 1.54) is 38.5 Å². The topological polar surface area (TPSA) is 40.6 Å². The monoisotopic (exact) mass is 360 g/mol. The van der Waals surface area contributed by atoms with Crippen LogP contribution in [0.25, 0.3) is 0 Å². The number of carbonyl (C=O) groups is 2. The molecule has 1 atom stereocenters. The van der Waals surface area contributed by atoms with Crippen molar-refractivity contribution in [2.75, 3.05) is 13.1 Å². The van der Waals surface area contributed by atoms with Crippen LogP contribution in [0.5, 0.6) is 0 Å². The summed E-state index contributed by atoms with van der Waals surface area (Å²) in [5, 5.41) is 0. The maximum absolute atomic E-state index is 13.5. The lowest BCUT2D eigenvalue weighted by molar-refractivity contribution is -0.155. The summed E-state index contributed by atoms with van der Waals surface area (Å²) in [6.07, 6.45) is 13.2. The second-order valence-corrected chi connectivity index (χ2v) is 9.72. The zero-order valence-corrected chi connectivity index (χ0v) is 16.8. The molecule has 2 bridgehead atoms. The Morgan fingerprint density at radius 2 is 1.58 bits per heavy atom. The fourth-order valence-electron chi connectivity index (χ4n) is 6.66. The first kappa shape index (κ1) is 18.5. The molecule has 4 aliphatic heterocycles. The highest BCUT2D eigenvalue weighted by molar-refractivity contribution is 6.06. The molecule has 4 heterocycles. The zero-order valence-electron chi connectivity index (χ0n) is 16.8. The van der Waals surface area contributed by atoms with E-state index in [2.05, 4.69) is 18.7 Å². The van der Waals surface area contributed by atoms with Crippen molar-refractivity contribution in [1.82, 2.24) is 9.80 Å². The summed E-state index contributed by atoms with van der Waals surface area (Å²) in [6, 6.07) is 0. The van der Waals surface area contributed by atoms with E-state index in [-0.39, 0.29) is 23.4 Å². The van der Waals surface area contributed by atoms with Crippen molar-refractivity contribution >= 4 is 11.8 Å². The van der Waals surface area contributed by atoms with Gasteiger partial charge in [0.2, 0.25) is 11.8 Å². The molecule has 4 saturated heterocycles. The van der Waals surface area contributed by atoms with Gasteiger partial charge in [-0.15, -0.1) is 0 Å². The van der Waals surface area contributed by atoms with Gasteiger partial charge in [-0.1, -0.05) is 26.7 Å². The maximum Gasteiger partial charge on any atom is 0.237 e. The summed E-state index contributed by atoms with van der Waals surface area (Å²) >= 11 is 0. The Hall–Kier alpha value is -0.900. The van der Waals surface area contributed by atoms with Crippen LogP contribution in [0.1, 0.15) is 90.9 Å². The Morgan fingerprint density at radius 1 is 0.962 bits per heavy atom. The van der Waals surface area contributed by atoms with Crippen LogP contribution < -0.4 is 0 Å². The third-order valence-electron chi connectivity index (χ3n) is 8.17. The van der Waals surface area contributed by atoms with Gasteiger partial charge in [0, 0.05) is 19.5 Å². The van der Waals surface area contributed by atoms with E-state index in [9.17, 15) is 9.59 Å². The molecule has 0 N–H and O–H groups in total. The second kappa shape index (κ2) is 6.92. The van der Waals surface area contributed by atoms with Crippen LogP contribution >= 0.6 is 0 Å². The predicted octanol–water partition coefficient (Wildman–Crippen LogP) is 4.33. The lowest BCUT2D eigenvalue weighted by atomic mass is 9.60. The number of carbonyl (C=O) groups excluding carboxylic acids is 2. The number of nitrogens with zero attached hydrogens (tertiary/aromatic N) is 2. The quantitative estimate of drug-likeness (QED) is 0.685. The van der Waals surface area contributed by atoms with E-state index in [0.29, 0.717) is 11.8 Å². The van der Waals surface area contributed by atoms with Crippen LogP contribution in [0.15, 0.2) is 0 Å². The first-order valence-electron chi connectivity index (χ1n) is 11.1. The van der Waals surface area contributed by atoms with Crippen molar-refractivity contribution in [3.8, 4) is 0 Å². The number of hydrogen-bond acceptors (Lipinski definition) is 3. The molecule has 5 fully saturated rings. The largest absolute Gasteiger partial charge is 0.283 e. The number of rotatable bonds is 5. The molecule has 0 radical (unpaired) electrons. The van der Waals surface area contributed by atoms with Gasteiger partial charge in [0.15, 0.2) is 0 Å². The highest BCUT2D eigenvalue weighted by Crippen LogP contribution is 2.55. The van der Waals surface area contributed by atoms with Crippen LogP contribution in [0.4, 0.5) is 0 Å². The third kappa shape index (κ3) is 2.93. The molecule has 2 amide bonds. The molecule has 0 aromatic rings. The molecule has 146 valence electrons. The second-order valence-electron chi connectivity index (χ2n) is 9.72. The van der Waals surface area contributed by atoms with E-state index >= 15 is 0 Å². The molecule has 5 aliphatic rings. The van der Waals surface area contributed by atoms with Crippen molar-refractivity contribution in [1.29, 1.82) is 0 Å². The molecule has 4 nitrogen and oxygen atoms in total. The molecule has 0 aromatic carbocycles. The SMILES string of the molecule is CCCC1(CCC)CCC2(CC1)CC(=O)N(C1CC3CCN1CC3)C2=O. The normalized spacial score (nSPS) is 35.5. The number of imide groups is 1. The molecule has 0 aromatic heterocycles. The van der Waals surface area contributed by atoms with E-state index in [1.807, 2.05) is 0 Å². The Kier molecular flexibility index (Phi) is 4.92. The number of fused-ring (bicyclic) bond motifs is 3. The lowest BCUT2D eigenvalue weighted by Crippen LogP contribution is -2.59. The summed E-state index contributed by atoms with van der Waals surface area (Å²) in [7, 11) is 0. The highest BCUT2D eigenvalue weighted by Gasteiger charge is 2.57. The third-order valence-corrected chi connectivity index (χ3v) is 8.17. The van der Waals surface area contributed by atoms with Gasteiger partial charge in [0.1, 0.15) is 0 Å². The van der Waals surface area contributed by atoms with Crippen LogP contribution in [-0.2, 0) is 9.59 Å². The number of amides is 2. The molecular formula is C22H36N2O2. The smallest absolute Gasteiger partial charge is 0.237 e. The summed E-state index contributed by atoms with van der Waals surface area (Å²) < 4.78 is 0. The maximum atomic E-state index is 13.5. The summed E-state index contributed by atoms with van der Waals surface area (Å²) in [4.78, 5) is 30.5. The van der Waals surface area contributed by atoms with Crippen molar-refractivity contribution in [2.24, 2.45) is 16.7 Å². The number of likely N-dealkylation sites (tertiary alicyclic amines) is 1.